The van der Waals surface area contributed by atoms with Gasteiger partial charge in [-0.05, 0) is 83.1 Å². The van der Waals surface area contributed by atoms with Gasteiger partial charge < -0.3 is 28.5 Å². The van der Waals surface area contributed by atoms with Crippen molar-refractivity contribution in [1.29, 1.82) is 0 Å². The number of allylic oxidation sites excluding steroid dienone is 13. The van der Waals surface area contributed by atoms with Crippen LogP contribution in [0.15, 0.2) is 85.1 Å². The molecule has 476 valence electrons. The van der Waals surface area contributed by atoms with Crippen LogP contribution in [-0.2, 0) is 27.9 Å². The van der Waals surface area contributed by atoms with Gasteiger partial charge in [-0.3, -0.25) is 14.2 Å². The van der Waals surface area contributed by atoms with E-state index < -0.39 is 26.6 Å². The molecule has 0 aromatic carbocycles. The number of nitrogens with one attached hydrogen (secondary N) is 1. The molecule has 1 N–H and O–H groups in total. The third-order valence-corrected chi connectivity index (χ3v) is 16.1. The summed E-state index contributed by atoms with van der Waals surface area (Å²) in [5.41, 5.74) is 0. The molecule has 82 heavy (non-hydrogen) atoms. The Kier molecular flexibility index (Phi) is 59.2. The Hall–Kier alpha value is -2.81. The molecule has 0 aromatic rings. The Balaban J connectivity index is 5.10. The summed E-state index contributed by atoms with van der Waals surface area (Å²) in [5, 5.41) is 3.04. The Morgan fingerprint density at radius 2 is 0.780 bits per heavy atom. The van der Waals surface area contributed by atoms with Crippen LogP contribution < -0.4 is 10.2 Å². The molecule has 0 aliphatic rings. The van der Waals surface area contributed by atoms with Gasteiger partial charge >= 0.3 is 5.97 Å². The number of nitrogens with zero attached hydrogens (tertiary/aromatic N) is 1. The number of ether oxygens (including phenoxy) is 1. The maximum absolute atomic E-state index is 13.6. The van der Waals surface area contributed by atoms with Crippen LogP contribution in [0, 0.1) is 0 Å². The molecule has 0 spiro atoms. The number of hydrogen-bond donors (Lipinski definition) is 1. The van der Waals surface area contributed by atoms with Crippen LogP contribution in [0.4, 0.5) is 0 Å². The Morgan fingerprint density at radius 3 is 1.17 bits per heavy atom. The fourth-order valence-corrected chi connectivity index (χ4v) is 10.5. The summed E-state index contributed by atoms with van der Waals surface area (Å²) in [6.07, 6.45) is 81.2. The number of rotatable bonds is 62. The smallest absolute Gasteiger partial charge is 0.306 e. The van der Waals surface area contributed by atoms with E-state index in [9.17, 15) is 19.0 Å². The van der Waals surface area contributed by atoms with E-state index in [0.717, 1.165) is 109 Å². The van der Waals surface area contributed by atoms with Gasteiger partial charge in [-0.25, -0.2) is 0 Å². The van der Waals surface area contributed by atoms with Crippen LogP contribution in [0.25, 0.3) is 0 Å². The summed E-state index contributed by atoms with van der Waals surface area (Å²) < 4.78 is 30.4. The molecule has 0 aliphatic heterocycles. The Morgan fingerprint density at radius 1 is 0.439 bits per heavy atom. The summed E-state index contributed by atoms with van der Waals surface area (Å²) >= 11 is 0. The predicted octanol–water partition coefficient (Wildman–Crippen LogP) is 21.1. The first-order valence-corrected chi connectivity index (χ1v) is 35.9. The summed E-state index contributed by atoms with van der Waals surface area (Å²) in [6, 6.07) is -0.894. The number of hydrogen-bond acceptors (Lipinski definition) is 7. The van der Waals surface area contributed by atoms with Crippen LogP contribution in [0.1, 0.15) is 310 Å². The topological polar surface area (TPSA) is 114 Å². The number of esters is 1. The van der Waals surface area contributed by atoms with Crippen LogP contribution in [-0.4, -0.2) is 69.4 Å². The zero-order valence-electron chi connectivity index (χ0n) is 54.4. The highest BCUT2D eigenvalue weighted by molar-refractivity contribution is 7.45. The van der Waals surface area contributed by atoms with Crippen LogP contribution in [0.2, 0.25) is 0 Å². The van der Waals surface area contributed by atoms with Crippen molar-refractivity contribution >= 4 is 19.7 Å². The van der Waals surface area contributed by atoms with Crippen molar-refractivity contribution in [2.45, 2.75) is 322 Å². The molecule has 0 saturated heterocycles. The quantitative estimate of drug-likeness (QED) is 0.0212. The van der Waals surface area contributed by atoms with Gasteiger partial charge in [0.2, 0.25) is 5.91 Å². The lowest BCUT2D eigenvalue weighted by molar-refractivity contribution is -0.870. The number of carbonyl (C=O) groups is 2. The average molecular weight is 1170 g/mol. The van der Waals surface area contributed by atoms with Crippen molar-refractivity contribution in [2.24, 2.45) is 0 Å². The normalized spacial score (nSPS) is 14.1. The largest absolute Gasteiger partial charge is 0.756 e. The van der Waals surface area contributed by atoms with Crippen molar-refractivity contribution in [3.05, 3.63) is 85.1 Å². The first-order chi connectivity index (χ1) is 39.9. The molecule has 10 heteroatoms. The Labute approximate surface area is 507 Å². The molecule has 0 rings (SSSR count). The highest BCUT2D eigenvalue weighted by atomic mass is 31.2. The maximum Gasteiger partial charge on any atom is 0.306 e. The van der Waals surface area contributed by atoms with Crippen molar-refractivity contribution in [3.63, 3.8) is 0 Å². The van der Waals surface area contributed by atoms with Crippen LogP contribution in [0.5, 0.6) is 0 Å². The van der Waals surface area contributed by atoms with Crippen LogP contribution in [0.3, 0.4) is 0 Å². The number of quaternary nitrogens is 1. The van der Waals surface area contributed by atoms with Gasteiger partial charge in [0, 0.05) is 12.8 Å². The maximum atomic E-state index is 13.6. The molecule has 0 saturated carbocycles. The van der Waals surface area contributed by atoms with E-state index in [2.05, 4.69) is 99.0 Å². The average Bonchev–Trinajstić information content (AvgIpc) is 3.44. The molecule has 0 aliphatic carbocycles. The van der Waals surface area contributed by atoms with Crippen molar-refractivity contribution in [3.8, 4) is 0 Å². The van der Waals surface area contributed by atoms with E-state index in [0.29, 0.717) is 17.4 Å². The fourth-order valence-electron chi connectivity index (χ4n) is 9.82. The summed E-state index contributed by atoms with van der Waals surface area (Å²) in [7, 11) is 1.18. The molecular formula is C72H131N2O7P. The number of amides is 1. The van der Waals surface area contributed by atoms with Crippen molar-refractivity contribution < 1.29 is 37.3 Å². The van der Waals surface area contributed by atoms with E-state index in [1.807, 2.05) is 33.3 Å². The second-order valence-corrected chi connectivity index (χ2v) is 25.7. The van der Waals surface area contributed by atoms with Gasteiger partial charge in [-0.2, -0.15) is 0 Å². The molecule has 0 fully saturated rings. The van der Waals surface area contributed by atoms with E-state index in [1.54, 1.807) is 0 Å². The lowest BCUT2D eigenvalue weighted by Gasteiger charge is -2.30. The summed E-state index contributed by atoms with van der Waals surface area (Å²) in [6.45, 7) is 6.75. The highest BCUT2D eigenvalue weighted by Crippen LogP contribution is 2.38. The van der Waals surface area contributed by atoms with Gasteiger partial charge in [0.15, 0.2) is 0 Å². The molecule has 0 aromatic heterocycles. The molecule has 3 atom stereocenters. The number of phosphoric ester groups is 1. The van der Waals surface area contributed by atoms with Crippen LogP contribution >= 0.6 is 7.82 Å². The SMILES string of the molecule is CC/C=C\C/C=C\C/C=C\C/C=C\C/C=C\C/C=C\CCCCCCCCCCC(=O)OC(/C=C/CCCCCCCCCCCC)C(COP(=O)([O-])OCC[N+](C)(C)C)NC(=O)CCCCCCCCCCCCCCCCCCC. The first-order valence-electron chi connectivity index (χ1n) is 34.4. The minimum absolute atomic E-state index is 0.0249. The second-order valence-electron chi connectivity index (χ2n) is 24.3. The van der Waals surface area contributed by atoms with Gasteiger partial charge in [0.1, 0.15) is 19.3 Å². The van der Waals surface area contributed by atoms with E-state index in [-0.39, 0.29) is 24.9 Å². The highest BCUT2D eigenvalue weighted by Gasteiger charge is 2.27. The van der Waals surface area contributed by atoms with Crippen molar-refractivity contribution in [2.75, 3.05) is 40.9 Å². The van der Waals surface area contributed by atoms with E-state index >= 15 is 0 Å². The number of phosphoric acid groups is 1. The predicted molar refractivity (Wildman–Crippen MR) is 353 cm³/mol. The minimum Gasteiger partial charge on any atom is -0.756 e. The monoisotopic (exact) mass is 1170 g/mol. The fraction of sp³-hybridized carbons (Fsp3) is 0.778. The molecular weight excluding hydrogens is 1040 g/mol. The summed E-state index contributed by atoms with van der Waals surface area (Å²) in [5.74, 6) is -0.543. The first kappa shape index (κ1) is 79.2. The number of unbranched alkanes of at least 4 members (excludes halogenated alkanes) is 34. The molecule has 0 heterocycles. The molecule has 1 amide bonds. The van der Waals surface area contributed by atoms with Gasteiger partial charge in [-0.15, -0.1) is 0 Å². The molecule has 9 nitrogen and oxygen atoms in total. The van der Waals surface area contributed by atoms with Crippen molar-refractivity contribution in [1.82, 2.24) is 5.32 Å². The minimum atomic E-state index is -4.71. The Bertz CT molecular complexity index is 1680. The molecule has 0 radical (unpaired) electrons. The zero-order chi connectivity index (χ0) is 60.0. The second kappa shape index (κ2) is 61.3. The number of carbonyl (C=O) groups excluding carboxylic acids is 2. The molecule has 0 bridgehead atoms. The number of likely N-dealkylation sites (N-methyl/N-ethyl adjacent to an activating group) is 1. The lowest BCUT2D eigenvalue weighted by atomic mass is 10.0. The van der Waals surface area contributed by atoms with Gasteiger partial charge in [-0.1, -0.05) is 299 Å². The third-order valence-electron chi connectivity index (χ3n) is 15.1. The van der Waals surface area contributed by atoms with E-state index in [4.69, 9.17) is 13.8 Å². The zero-order valence-corrected chi connectivity index (χ0v) is 55.3. The third kappa shape index (κ3) is 61.7. The van der Waals surface area contributed by atoms with E-state index in [1.165, 1.54) is 167 Å². The standard InChI is InChI=1S/C72H131N2O7P/c1-7-10-13-16-19-22-25-28-30-32-33-34-35-36-37-38-39-40-41-43-45-47-50-53-56-59-62-65-72(76)81-70(63-60-57-54-51-48-27-24-21-18-15-12-9-3)69(68-80-82(77,78)79-67-66-74(4,5)6)73-71(75)64-61-58-55-52-49-46-44-42-31-29-26-23-20-17-14-11-8-2/h10,13,19,22,28,30,33-34,36-37,39-40,60,63,69-70H,7-9,11-12,14-18,20-21,23-27,29,31-32,35,38,41-59,61-62,64-68H2,1-6H3,(H-,73,75,77,78)/b13-10-,22-19-,30-28-,34-33-,37-36-,40-39-,63-60+. The van der Waals surface area contributed by atoms with Gasteiger partial charge in [0.25, 0.3) is 7.82 Å². The lowest BCUT2D eigenvalue weighted by Crippen LogP contribution is -2.47. The van der Waals surface area contributed by atoms with Gasteiger partial charge in [0.05, 0.1) is 33.8 Å². The molecule has 3 unspecified atom stereocenters. The summed E-state index contributed by atoms with van der Waals surface area (Å²) in [4.78, 5) is 40.1.